The highest BCUT2D eigenvalue weighted by molar-refractivity contribution is 7.99. The Hall–Kier alpha value is -3.83. The lowest BCUT2D eigenvalue weighted by Gasteiger charge is -2.25. The van der Waals surface area contributed by atoms with Gasteiger partial charge >= 0.3 is 0 Å². The topological polar surface area (TPSA) is 49.4 Å². The Labute approximate surface area is 222 Å². The van der Waals surface area contributed by atoms with Crippen molar-refractivity contribution in [3.8, 4) is 0 Å². The molecule has 0 radical (unpaired) electrons. The molecule has 1 N–H and O–H groups in total. The maximum atomic E-state index is 13.8. The fourth-order valence-corrected chi connectivity index (χ4v) is 5.71. The number of aryl methyl sites for hydroxylation is 3. The molecule has 4 aromatic carbocycles. The van der Waals surface area contributed by atoms with Crippen molar-refractivity contribution >= 4 is 29.3 Å². The third-order valence-corrected chi connectivity index (χ3v) is 7.85. The molecule has 2 amide bonds. The zero-order valence-corrected chi connectivity index (χ0v) is 22.2. The number of amides is 2. The smallest absolute Gasteiger partial charge is 0.259 e. The minimum atomic E-state index is -0.138. The van der Waals surface area contributed by atoms with E-state index in [1.807, 2.05) is 53.4 Å². The number of benzene rings is 4. The van der Waals surface area contributed by atoms with Crippen molar-refractivity contribution in [3.63, 3.8) is 0 Å². The molecule has 1 heterocycles. The molecule has 0 unspecified atom stereocenters. The van der Waals surface area contributed by atoms with Crippen LogP contribution in [-0.4, -0.2) is 18.4 Å². The summed E-state index contributed by atoms with van der Waals surface area (Å²) < 4.78 is 0. The summed E-state index contributed by atoms with van der Waals surface area (Å²) in [5.74, 6) is -0.193. The van der Waals surface area contributed by atoms with Crippen LogP contribution in [0.25, 0.3) is 0 Å². The highest BCUT2D eigenvalue weighted by Gasteiger charge is 2.28. The fraction of sp³-hybridized carbons (Fsp3) is 0.188. The molecule has 0 saturated carbocycles. The van der Waals surface area contributed by atoms with Gasteiger partial charge in [-0.3, -0.25) is 9.59 Å². The molecule has 0 saturated heterocycles. The predicted octanol–water partition coefficient (Wildman–Crippen LogP) is 6.90. The first-order chi connectivity index (χ1) is 17.9. The van der Waals surface area contributed by atoms with Crippen molar-refractivity contribution < 1.29 is 9.59 Å². The molecule has 0 spiro atoms. The summed E-state index contributed by atoms with van der Waals surface area (Å²) in [7, 11) is 0. The van der Waals surface area contributed by atoms with Crippen LogP contribution in [-0.2, 0) is 13.0 Å². The van der Waals surface area contributed by atoms with Crippen LogP contribution in [0, 0.1) is 20.8 Å². The zero-order chi connectivity index (χ0) is 25.9. The van der Waals surface area contributed by atoms with Crippen molar-refractivity contribution in [1.82, 2.24) is 5.32 Å². The molecule has 1 aliphatic heterocycles. The second-order valence-corrected chi connectivity index (χ2v) is 10.7. The summed E-state index contributed by atoms with van der Waals surface area (Å²) in [6, 6.07) is 28.0. The van der Waals surface area contributed by atoms with Crippen LogP contribution < -0.4 is 10.2 Å². The molecule has 4 aromatic rings. The number of nitrogens with zero attached hydrogens (tertiary/aromatic N) is 1. The van der Waals surface area contributed by atoms with E-state index in [4.69, 9.17) is 0 Å². The van der Waals surface area contributed by atoms with Crippen LogP contribution in [0.2, 0.25) is 0 Å². The molecule has 4 nitrogen and oxygen atoms in total. The normalized spacial score (nSPS) is 12.5. The number of hydrogen-bond donors (Lipinski definition) is 1. The molecule has 37 heavy (non-hydrogen) atoms. The highest BCUT2D eigenvalue weighted by Crippen LogP contribution is 2.42. The van der Waals surface area contributed by atoms with Crippen molar-refractivity contribution in [2.75, 3.05) is 11.4 Å². The molecule has 0 atom stereocenters. The van der Waals surface area contributed by atoms with E-state index in [1.165, 1.54) is 11.1 Å². The lowest BCUT2D eigenvalue weighted by atomic mass is 10.0. The highest BCUT2D eigenvalue weighted by atomic mass is 32.2. The lowest BCUT2D eigenvalue weighted by Crippen LogP contribution is -2.31. The maximum absolute atomic E-state index is 13.8. The molecule has 186 valence electrons. The maximum Gasteiger partial charge on any atom is 0.259 e. The van der Waals surface area contributed by atoms with Gasteiger partial charge in [-0.2, -0.15) is 0 Å². The Balaban J connectivity index is 1.45. The molecule has 0 aliphatic carbocycles. The van der Waals surface area contributed by atoms with Crippen LogP contribution >= 0.6 is 11.8 Å². The van der Waals surface area contributed by atoms with Crippen molar-refractivity contribution in [2.24, 2.45) is 0 Å². The van der Waals surface area contributed by atoms with Gasteiger partial charge in [0, 0.05) is 21.9 Å². The van der Waals surface area contributed by atoms with Gasteiger partial charge in [0.2, 0.25) is 0 Å². The van der Waals surface area contributed by atoms with Crippen LogP contribution in [0.1, 0.15) is 48.5 Å². The average molecular weight is 507 g/mol. The van der Waals surface area contributed by atoms with Crippen molar-refractivity contribution in [2.45, 2.75) is 43.5 Å². The summed E-state index contributed by atoms with van der Waals surface area (Å²) in [4.78, 5) is 30.7. The fourth-order valence-electron chi connectivity index (χ4n) is 4.65. The van der Waals surface area contributed by atoms with E-state index in [0.29, 0.717) is 24.2 Å². The van der Waals surface area contributed by atoms with E-state index in [0.717, 1.165) is 38.6 Å². The number of fused-ring (bicyclic) bond motifs is 2. The first-order valence-electron chi connectivity index (χ1n) is 12.5. The number of carbonyl (C=O) groups excluding carboxylic acids is 2. The second-order valence-electron chi connectivity index (χ2n) is 9.60. The summed E-state index contributed by atoms with van der Waals surface area (Å²) in [5, 5.41) is 3.05. The van der Waals surface area contributed by atoms with E-state index >= 15 is 0 Å². The van der Waals surface area contributed by atoms with Gasteiger partial charge in [0.05, 0.1) is 17.8 Å². The van der Waals surface area contributed by atoms with Crippen LogP contribution in [0.15, 0.2) is 94.7 Å². The molecule has 0 bridgehead atoms. The van der Waals surface area contributed by atoms with Crippen LogP contribution in [0.3, 0.4) is 0 Å². The van der Waals surface area contributed by atoms with Gasteiger partial charge in [-0.1, -0.05) is 77.5 Å². The lowest BCUT2D eigenvalue weighted by molar-refractivity contribution is 0.0950. The van der Waals surface area contributed by atoms with Gasteiger partial charge in [0.25, 0.3) is 11.8 Å². The van der Waals surface area contributed by atoms with Gasteiger partial charge in [-0.05, 0) is 74.2 Å². The summed E-state index contributed by atoms with van der Waals surface area (Å²) >= 11 is 1.57. The van der Waals surface area contributed by atoms with E-state index in [-0.39, 0.29) is 11.8 Å². The quantitative estimate of drug-likeness (QED) is 0.310. The molecule has 1 aliphatic rings. The van der Waals surface area contributed by atoms with E-state index in [9.17, 15) is 9.59 Å². The zero-order valence-electron chi connectivity index (χ0n) is 21.4. The van der Waals surface area contributed by atoms with Crippen molar-refractivity contribution in [1.29, 1.82) is 0 Å². The Bertz CT molecular complexity index is 1490. The van der Waals surface area contributed by atoms with E-state index in [2.05, 4.69) is 62.5 Å². The Morgan fingerprint density at radius 3 is 2.49 bits per heavy atom. The third-order valence-electron chi connectivity index (χ3n) is 6.71. The first-order valence-corrected chi connectivity index (χ1v) is 13.3. The predicted molar refractivity (Wildman–Crippen MR) is 151 cm³/mol. The average Bonchev–Trinajstić information content (AvgIpc) is 3.00. The second kappa shape index (κ2) is 10.7. The van der Waals surface area contributed by atoms with Crippen LogP contribution in [0.4, 0.5) is 5.69 Å². The Kier molecular flexibility index (Phi) is 7.15. The number of nitrogens with one attached hydrogen (secondary N) is 1. The SMILES string of the molecule is Cc1cccc(CCNC(=O)c2ccc3c(c2)N(Cc2cc(C)ccc2C)C(=O)c2ccccc2S3)c1. The minimum absolute atomic E-state index is 0.0558. The largest absolute Gasteiger partial charge is 0.352 e. The summed E-state index contributed by atoms with van der Waals surface area (Å²) in [6.07, 6.45) is 0.765. The third kappa shape index (κ3) is 5.47. The summed E-state index contributed by atoms with van der Waals surface area (Å²) in [6.45, 7) is 7.18. The van der Waals surface area contributed by atoms with Gasteiger partial charge < -0.3 is 10.2 Å². The molecule has 5 heteroatoms. The van der Waals surface area contributed by atoms with Crippen LogP contribution in [0.5, 0.6) is 0 Å². The molecule has 5 rings (SSSR count). The Morgan fingerprint density at radius 2 is 1.65 bits per heavy atom. The van der Waals surface area contributed by atoms with Gasteiger partial charge in [0.15, 0.2) is 0 Å². The van der Waals surface area contributed by atoms with Gasteiger partial charge in [-0.15, -0.1) is 0 Å². The first kappa shape index (κ1) is 24.8. The molecule has 0 aromatic heterocycles. The van der Waals surface area contributed by atoms with Gasteiger partial charge in [-0.25, -0.2) is 0 Å². The number of rotatable bonds is 6. The monoisotopic (exact) mass is 506 g/mol. The van der Waals surface area contributed by atoms with Gasteiger partial charge in [0.1, 0.15) is 0 Å². The van der Waals surface area contributed by atoms with Crippen molar-refractivity contribution in [3.05, 3.63) is 124 Å². The molecular formula is C32H30N2O2S. The standard InChI is InChI=1S/C32H30N2O2S/c1-21-7-6-8-24(17-21)15-16-33-31(35)25-13-14-30-28(19-25)34(20-26-18-22(2)11-12-23(26)3)32(36)27-9-4-5-10-29(27)37-30/h4-14,17-19H,15-16,20H2,1-3H3,(H,33,35). The summed E-state index contributed by atoms with van der Waals surface area (Å²) in [5.41, 5.74) is 7.78. The number of hydrogen-bond acceptors (Lipinski definition) is 3. The van der Waals surface area contributed by atoms with E-state index < -0.39 is 0 Å². The molecule has 0 fully saturated rings. The number of carbonyl (C=O) groups is 2. The Morgan fingerprint density at radius 1 is 0.838 bits per heavy atom. The number of anilines is 1. The van der Waals surface area contributed by atoms with E-state index in [1.54, 1.807) is 11.8 Å². The minimum Gasteiger partial charge on any atom is -0.352 e. The molecular weight excluding hydrogens is 476 g/mol.